The lowest BCUT2D eigenvalue weighted by molar-refractivity contribution is 0.155. The van der Waals surface area contributed by atoms with Crippen molar-refractivity contribution in [2.24, 2.45) is 0 Å². The molecule has 0 fully saturated rings. The maximum atomic E-state index is 6.03. The largest absolute Gasteiger partial charge is 0.383 e. The Morgan fingerprint density at radius 2 is 2.24 bits per heavy atom. The second-order valence-corrected chi connectivity index (χ2v) is 4.30. The number of nitrogens with two attached hydrogens (primary N) is 1. The van der Waals surface area contributed by atoms with Crippen LogP contribution in [-0.4, -0.2) is 23.3 Å². The summed E-state index contributed by atoms with van der Waals surface area (Å²) < 4.78 is 7.32. The number of para-hydroxylation sites is 1. The van der Waals surface area contributed by atoms with Crippen molar-refractivity contribution in [1.29, 1.82) is 0 Å². The monoisotopic (exact) mass is 233 g/mol. The first-order chi connectivity index (χ1) is 8.19. The topological polar surface area (TPSA) is 53.1 Å². The smallest absolute Gasteiger partial charge is 0.201 e. The summed E-state index contributed by atoms with van der Waals surface area (Å²) in [5, 5.41) is 0. The highest BCUT2D eigenvalue weighted by atomic mass is 16.5. The number of aromatic nitrogens is 2. The highest BCUT2D eigenvalue weighted by Gasteiger charge is 2.16. The van der Waals surface area contributed by atoms with E-state index in [9.17, 15) is 0 Å². The van der Waals surface area contributed by atoms with Crippen molar-refractivity contribution < 1.29 is 4.74 Å². The molecular weight excluding hydrogens is 214 g/mol. The van der Waals surface area contributed by atoms with Crippen molar-refractivity contribution in [2.75, 3.05) is 19.5 Å². The second kappa shape index (κ2) is 4.75. The Balaban J connectivity index is 2.59. The van der Waals surface area contributed by atoms with Crippen LogP contribution < -0.4 is 5.73 Å². The standard InChI is InChI=1S/C13H19N3O/c1-4-10(8-17-3)16-11-7-5-6-9(2)12(11)15-13(16)14/h5-7,10H,4,8H2,1-3H3,(H2,14,15). The molecule has 0 bridgehead atoms. The first kappa shape index (κ1) is 11.9. The molecule has 1 atom stereocenters. The summed E-state index contributed by atoms with van der Waals surface area (Å²) in [5.41, 5.74) is 9.25. The van der Waals surface area contributed by atoms with E-state index in [1.165, 1.54) is 0 Å². The molecule has 92 valence electrons. The van der Waals surface area contributed by atoms with Crippen LogP contribution in [0.1, 0.15) is 24.9 Å². The number of hydrogen-bond donors (Lipinski definition) is 1. The summed E-state index contributed by atoms with van der Waals surface area (Å²) >= 11 is 0. The van der Waals surface area contributed by atoms with Gasteiger partial charge in [-0.25, -0.2) is 4.98 Å². The average Bonchev–Trinajstić information content (AvgIpc) is 2.64. The van der Waals surface area contributed by atoms with Crippen LogP contribution in [0.25, 0.3) is 11.0 Å². The van der Waals surface area contributed by atoms with Gasteiger partial charge in [-0.15, -0.1) is 0 Å². The number of nitrogen functional groups attached to an aromatic ring is 1. The van der Waals surface area contributed by atoms with Gasteiger partial charge in [0.15, 0.2) is 0 Å². The van der Waals surface area contributed by atoms with Crippen LogP contribution in [0.5, 0.6) is 0 Å². The van der Waals surface area contributed by atoms with Gasteiger partial charge in [-0.1, -0.05) is 19.1 Å². The van der Waals surface area contributed by atoms with Gasteiger partial charge in [-0.05, 0) is 25.0 Å². The fourth-order valence-electron chi connectivity index (χ4n) is 2.23. The maximum absolute atomic E-state index is 6.03. The summed E-state index contributed by atoms with van der Waals surface area (Å²) in [5.74, 6) is 0.568. The van der Waals surface area contributed by atoms with E-state index < -0.39 is 0 Å². The van der Waals surface area contributed by atoms with Crippen molar-refractivity contribution in [3.63, 3.8) is 0 Å². The lowest BCUT2D eigenvalue weighted by Crippen LogP contribution is -2.15. The number of ether oxygens (including phenoxy) is 1. The van der Waals surface area contributed by atoms with Crippen molar-refractivity contribution in [1.82, 2.24) is 9.55 Å². The summed E-state index contributed by atoms with van der Waals surface area (Å²) in [6.07, 6.45) is 0.970. The van der Waals surface area contributed by atoms with Gasteiger partial charge in [0, 0.05) is 7.11 Å². The number of fused-ring (bicyclic) bond motifs is 1. The Morgan fingerprint density at radius 3 is 2.88 bits per heavy atom. The van der Waals surface area contributed by atoms with Crippen molar-refractivity contribution >= 4 is 17.0 Å². The molecule has 1 aromatic heterocycles. The third kappa shape index (κ3) is 2.00. The SMILES string of the molecule is CCC(COC)n1c(N)nc2c(C)cccc21. The van der Waals surface area contributed by atoms with E-state index in [-0.39, 0.29) is 6.04 Å². The van der Waals surface area contributed by atoms with Crippen LogP contribution in [0.3, 0.4) is 0 Å². The number of anilines is 1. The maximum Gasteiger partial charge on any atom is 0.201 e. The highest BCUT2D eigenvalue weighted by Crippen LogP contribution is 2.26. The number of methoxy groups -OCH3 is 1. The van der Waals surface area contributed by atoms with Crippen molar-refractivity contribution in [2.45, 2.75) is 26.3 Å². The third-order valence-corrected chi connectivity index (χ3v) is 3.14. The minimum Gasteiger partial charge on any atom is -0.383 e. The Hall–Kier alpha value is -1.55. The van der Waals surface area contributed by atoms with Crippen LogP contribution >= 0.6 is 0 Å². The van der Waals surface area contributed by atoms with Crippen LogP contribution in [0.4, 0.5) is 5.95 Å². The van der Waals surface area contributed by atoms with Crippen molar-refractivity contribution in [3.05, 3.63) is 23.8 Å². The lowest BCUT2D eigenvalue weighted by Gasteiger charge is -2.18. The molecule has 17 heavy (non-hydrogen) atoms. The van der Waals surface area contributed by atoms with E-state index in [1.54, 1.807) is 7.11 Å². The molecular formula is C13H19N3O. The molecule has 0 aliphatic carbocycles. The predicted octanol–water partition coefficient (Wildman–Crippen LogP) is 2.52. The van der Waals surface area contributed by atoms with Gasteiger partial charge >= 0.3 is 0 Å². The van der Waals surface area contributed by atoms with Crippen LogP contribution in [-0.2, 0) is 4.74 Å². The second-order valence-electron chi connectivity index (χ2n) is 4.30. The van der Waals surface area contributed by atoms with Crippen LogP contribution in [0.15, 0.2) is 18.2 Å². The Kier molecular flexibility index (Phi) is 3.33. The van der Waals surface area contributed by atoms with Gasteiger partial charge < -0.3 is 15.0 Å². The Morgan fingerprint density at radius 1 is 1.47 bits per heavy atom. The average molecular weight is 233 g/mol. The molecule has 0 saturated carbocycles. The molecule has 0 aliphatic heterocycles. The quantitative estimate of drug-likeness (QED) is 0.882. The van der Waals surface area contributed by atoms with Crippen LogP contribution in [0, 0.1) is 6.92 Å². The van der Waals surface area contributed by atoms with Crippen LogP contribution in [0.2, 0.25) is 0 Å². The van der Waals surface area contributed by atoms with E-state index in [1.807, 2.05) is 6.07 Å². The molecule has 0 aliphatic rings. The molecule has 2 rings (SSSR count). The first-order valence-electron chi connectivity index (χ1n) is 5.91. The number of benzene rings is 1. The molecule has 4 heteroatoms. The molecule has 1 aromatic carbocycles. The van der Waals surface area contributed by atoms with Gasteiger partial charge in [-0.3, -0.25) is 0 Å². The first-order valence-corrected chi connectivity index (χ1v) is 5.91. The predicted molar refractivity (Wildman–Crippen MR) is 70.1 cm³/mol. The van der Waals surface area contributed by atoms with Crippen molar-refractivity contribution in [3.8, 4) is 0 Å². The number of aryl methyl sites for hydroxylation is 1. The van der Waals surface area contributed by atoms with E-state index >= 15 is 0 Å². The zero-order valence-electron chi connectivity index (χ0n) is 10.6. The fraction of sp³-hybridized carbons (Fsp3) is 0.462. The molecule has 1 heterocycles. The molecule has 4 nitrogen and oxygen atoms in total. The summed E-state index contributed by atoms with van der Waals surface area (Å²) in [4.78, 5) is 4.45. The van der Waals surface area contributed by atoms with E-state index in [2.05, 4.69) is 35.5 Å². The minimum atomic E-state index is 0.242. The fourth-order valence-corrected chi connectivity index (χ4v) is 2.23. The van der Waals surface area contributed by atoms with E-state index in [0.29, 0.717) is 12.6 Å². The van der Waals surface area contributed by atoms with E-state index in [0.717, 1.165) is 23.0 Å². The van der Waals surface area contributed by atoms with Gasteiger partial charge in [0.05, 0.1) is 23.7 Å². The number of hydrogen-bond acceptors (Lipinski definition) is 3. The zero-order chi connectivity index (χ0) is 12.4. The molecule has 0 saturated heterocycles. The summed E-state index contributed by atoms with van der Waals surface area (Å²) in [6.45, 7) is 4.83. The summed E-state index contributed by atoms with van der Waals surface area (Å²) in [7, 11) is 1.71. The minimum absolute atomic E-state index is 0.242. The molecule has 2 N–H and O–H groups in total. The van der Waals surface area contributed by atoms with Gasteiger partial charge in [-0.2, -0.15) is 0 Å². The molecule has 0 amide bonds. The van der Waals surface area contributed by atoms with Gasteiger partial charge in [0.25, 0.3) is 0 Å². The number of rotatable bonds is 4. The number of nitrogens with zero attached hydrogens (tertiary/aromatic N) is 2. The number of imidazole rings is 1. The zero-order valence-corrected chi connectivity index (χ0v) is 10.6. The molecule has 0 spiro atoms. The molecule has 2 aromatic rings. The molecule has 0 radical (unpaired) electrons. The summed E-state index contributed by atoms with van der Waals surface area (Å²) in [6, 6.07) is 6.39. The normalized spacial score (nSPS) is 13.1. The highest BCUT2D eigenvalue weighted by molar-refractivity contribution is 5.81. The molecule has 1 unspecified atom stereocenters. The van der Waals surface area contributed by atoms with E-state index in [4.69, 9.17) is 10.5 Å². The lowest BCUT2D eigenvalue weighted by atomic mass is 10.2. The Bertz CT molecular complexity index is 519. The third-order valence-electron chi connectivity index (χ3n) is 3.14. The van der Waals surface area contributed by atoms with Gasteiger partial charge in [0.1, 0.15) is 0 Å². The Labute approximate surface area is 101 Å². The van der Waals surface area contributed by atoms with Gasteiger partial charge in [0.2, 0.25) is 5.95 Å².